The number of rotatable bonds is 5. The number of hydrogen-bond acceptors (Lipinski definition) is 1. The molecule has 0 fully saturated rings. The van der Waals surface area contributed by atoms with Crippen LogP contribution in [0.5, 0.6) is 0 Å². The monoisotopic (exact) mass is 565 g/mol. The van der Waals surface area contributed by atoms with Gasteiger partial charge in [-0.1, -0.05) is 129 Å². The zero-order valence-corrected chi connectivity index (χ0v) is 25.3. The van der Waals surface area contributed by atoms with Crippen molar-refractivity contribution in [1.82, 2.24) is 0 Å². The Morgan fingerprint density at radius 2 is 1.14 bits per heavy atom. The topological polar surface area (TPSA) is 12.0 Å². The van der Waals surface area contributed by atoms with E-state index in [9.17, 15) is 0 Å². The second-order valence-corrected chi connectivity index (χ2v) is 12.6. The molecule has 0 amide bonds. The number of anilines is 2. The summed E-state index contributed by atoms with van der Waals surface area (Å²) >= 11 is 0. The first kappa shape index (κ1) is 26.5. The molecule has 0 spiro atoms. The summed E-state index contributed by atoms with van der Waals surface area (Å²) in [5.74, 6) is 0. The predicted molar refractivity (Wildman–Crippen MR) is 186 cm³/mol. The lowest BCUT2D eigenvalue weighted by Crippen LogP contribution is -2.14. The van der Waals surface area contributed by atoms with Gasteiger partial charge in [0, 0.05) is 16.8 Å². The summed E-state index contributed by atoms with van der Waals surface area (Å²) in [5, 5.41) is 3.61. The van der Waals surface area contributed by atoms with Gasteiger partial charge in [-0.3, -0.25) is 0 Å². The van der Waals surface area contributed by atoms with Crippen molar-refractivity contribution < 1.29 is 0 Å². The smallest absolute Gasteiger partial charge is 0.0384 e. The Morgan fingerprint density at radius 3 is 1.91 bits per heavy atom. The molecule has 0 radical (unpaired) electrons. The molecule has 0 saturated carbocycles. The van der Waals surface area contributed by atoms with Crippen molar-refractivity contribution in [2.45, 2.75) is 32.1 Å². The minimum Gasteiger partial charge on any atom is -0.356 e. The van der Waals surface area contributed by atoms with Crippen molar-refractivity contribution in [3.8, 4) is 33.4 Å². The molecule has 0 atom stereocenters. The van der Waals surface area contributed by atoms with E-state index in [0.29, 0.717) is 0 Å². The van der Waals surface area contributed by atoms with Gasteiger partial charge >= 0.3 is 0 Å². The molecule has 0 saturated heterocycles. The normalized spacial score (nSPS) is 14.3. The highest BCUT2D eigenvalue weighted by atomic mass is 14.9. The van der Waals surface area contributed by atoms with Crippen LogP contribution in [-0.4, -0.2) is 0 Å². The fourth-order valence-electron chi connectivity index (χ4n) is 7.25. The lowest BCUT2D eigenvalue weighted by molar-refractivity contribution is 0.660. The van der Waals surface area contributed by atoms with Crippen molar-refractivity contribution in [1.29, 1.82) is 0 Å². The zero-order chi connectivity index (χ0) is 29.7. The van der Waals surface area contributed by atoms with Crippen LogP contribution in [-0.2, 0) is 11.8 Å². The molecule has 2 aliphatic carbocycles. The summed E-state index contributed by atoms with van der Waals surface area (Å²) < 4.78 is 0. The van der Waals surface area contributed by atoms with Crippen LogP contribution in [0.1, 0.15) is 48.1 Å². The van der Waals surface area contributed by atoms with E-state index in [-0.39, 0.29) is 5.41 Å². The van der Waals surface area contributed by atoms with Crippen LogP contribution >= 0.6 is 0 Å². The lowest BCUT2D eigenvalue weighted by Gasteiger charge is -2.22. The molecule has 1 nitrogen and oxygen atoms in total. The minimum absolute atomic E-state index is 0.00798. The first-order valence-electron chi connectivity index (χ1n) is 15.7. The summed E-state index contributed by atoms with van der Waals surface area (Å²) in [4.78, 5) is 0. The molecule has 0 bridgehead atoms. The molecule has 2 aliphatic rings. The molecular weight excluding hydrogens is 530 g/mol. The fraction of sp³-hybridized carbons (Fsp3) is 0.116. The van der Waals surface area contributed by atoms with E-state index in [1.54, 1.807) is 0 Å². The van der Waals surface area contributed by atoms with Crippen LogP contribution in [0.25, 0.3) is 39.0 Å². The quantitative estimate of drug-likeness (QED) is 0.219. The number of allylic oxidation sites excluding steroid dienone is 1. The van der Waals surface area contributed by atoms with E-state index >= 15 is 0 Å². The summed E-state index contributed by atoms with van der Waals surface area (Å²) in [6.07, 6.45) is 4.58. The van der Waals surface area contributed by atoms with Gasteiger partial charge in [-0.25, -0.2) is 0 Å². The lowest BCUT2D eigenvalue weighted by atomic mass is 9.81. The van der Waals surface area contributed by atoms with E-state index in [0.717, 1.165) is 24.2 Å². The van der Waals surface area contributed by atoms with Crippen molar-refractivity contribution >= 4 is 16.9 Å². The molecule has 0 heterocycles. The van der Waals surface area contributed by atoms with Gasteiger partial charge in [0.2, 0.25) is 0 Å². The Morgan fingerprint density at radius 1 is 0.500 bits per heavy atom. The van der Waals surface area contributed by atoms with Gasteiger partial charge in [-0.15, -0.1) is 0 Å². The van der Waals surface area contributed by atoms with Gasteiger partial charge in [-0.2, -0.15) is 0 Å². The average Bonchev–Trinajstić information content (AvgIpc) is 3.31. The molecule has 6 aromatic rings. The van der Waals surface area contributed by atoms with Gasteiger partial charge in [0.1, 0.15) is 0 Å². The Bertz CT molecular complexity index is 2030. The second-order valence-electron chi connectivity index (χ2n) is 12.6. The van der Waals surface area contributed by atoms with Crippen LogP contribution in [0.4, 0.5) is 11.4 Å². The Kier molecular flexibility index (Phi) is 6.34. The number of fused-ring (bicyclic) bond motifs is 4. The van der Waals surface area contributed by atoms with E-state index in [2.05, 4.69) is 165 Å². The molecule has 212 valence electrons. The number of benzene rings is 6. The maximum Gasteiger partial charge on any atom is 0.0384 e. The zero-order valence-electron chi connectivity index (χ0n) is 25.3. The molecule has 0 unspecified atom stereocenters. The van der Waals surface area contributed by atoms with E-state index in [4.69, 9.17) is 0 Å². The third-order valence-corrected chi connectivity index (χ3v) is 9.55. The SMILES string of the molecule is CC1(C)c2ccccc2-c2ccc(-c3ccc(Nc4ccc(-c5cccc6c5C(c5ccccc5)=CCC6)cc4)cc3)cc21. The number of hydrogen-bond donors (Lipinski definition) is 1. The highest BCUT2D eigenvalue weighted by Crippen LogP contribution is 2.49. The summed E-state index contributed by atoms with van der Waals surface area (Å²) in [5.41, 5.74) is 18.2. The number of nitrogens with one attached hydrogen (secondary N) is 1. The van der Waals surface area contributed by atoms with Crippen molar-refractivity contribution in [3.05, 3.63) is 173 Å². The Labute approximate surface area is 260 Å². The Balaban J connectivity index is 1.03. The summed E-state index contributed by atoms with van der Waals surface area (Å²) in [6, 6.07) is 51.0. The van der Waals surface area contributed by atoms with E-state index in [1.165, 1.54) is 66.8 Å². The average molecular weight is 566 g/mol. The van der Waals surface area contributed by atoms with Gasteiger partial charge in [-0.05, 0) is 110 Å². The van der Waals surface area contributed by atoms with Gasteiger partial charge in [0.05, 0.1) is 0 Å². The van der Waals surface area contributed by atoms with Gasteiger partial charge in [0.25, 0.3) is 0 Å². The molecule has 8 rings (SSSR count). The highest BCUT2D eigenvalue weighted by Gasteiger charge is 2.35. The van der Waals surface area contributed by atoms with Crippen LogP contribution in [0.2, 0.25) is 0 Å². The van der Waals surface area contributed by atoms with Gasteiger partial charge < -0.3 is 5.32 Å². The van der Waals surface area contributed by atoms with Gasteiger partial charge in [0.15, 0.2) is 0 Å². The summed E-state index contributed by atoms with van der Waals surface area (Å²) in [6.45, 7) is 4.68. The maximum atomic E-state index is 3.61. The number of aryl methyl sites for hydroxylation is 1. The largest absolute Gasteiger partial charge is 0.356 e. The third kappa shape index (κ3) is 4.48. The van der Waals surface area contributed by atoms with Crippen LogP contribution in [0.15, 0.2) is 146 Å². The third-order valence-electron chi connectivity index (χ3n) is 9.55. The van der Waals surface area contributed by atoms with E-state index < -0.39 is 0 Å². The van der Waals surface area contributed by atoms with Crippen LogP contribution in [0, 0.1) is 0 Å². The van der Waals surface area contributed by atoms with Crippen LogP contribution in [0.3, 0.4) is 0 Å². The first-order chi connectivity index (χ1) is 21.6. The molecule has 0 aromatic heterocycles. The summed E-state index contributed by atoms with van der Waals surface area (Å²) in [7, 11) is 0. The van der Waals surface area contributed by atoms with Crippen molar-refractivity contribution in [2.75, 3.05) is 5.32 Å². The van der Waals surface area contributed by atoms with Crippen molar-refractivity contribution in [3.63, 3.8) is 0 Å². The van der Waals surface area contributed by atoms with Crippen molar-refractivity contribution in [2.24, 2.45) is 0 Å². The molecule has 1 N–H and O–H groups in total. The predicted octanol–water partition coefficient (Wildman–Crippen LogP) is 11.4. The Hall–Kier alpha value is -5.14. The second kappa shape index (κ2) is 10.5. The molecule has 0 aliphatic heterocycles. The molecule has 44 heavy (non-hydrogen) atoms. The van der Waals surface area contributed by atoms with Crippen LogP contribution < -0.4 is 5.32 Å². The fourth-order valence-corrected chi connectivity index (χ4v) is 7.25. The highest BCUT2D eigenvalue weighted by molar-refractivity contribution is 5.91. The minimum atomic E-state index is 0.00798. The van der Waals surface area contributed by atoms with E-state index in [1.807, 2.05) is 0 Å². The molecule has 1 heteroatoms. The maximum absolute atomic E-state index is 3.61. The first-order valence-corrected chi connectivity index (χ1v) is 15.7. The molecule has 6 aromatic carbocycles. The standard InChI is InChI=1S/C43H35N/c1-43(2)40-17-7-6-14-38(40)39-27-22-33(28-41(39)43)29-18-23-34(24-19-29)44-35-25-20-31(21-26-35)37-16-9-13-32-12-8-15-36(42(32)37)30-10-4-3-5-11-30/h3-7,9-11,13-28,44H,8,12H2,1-2H3. The molecular formula is C43H35N.